The fourth-order valence-electron chi connectivity index (χ4n) is 3.85. The number of rotatable bonds is 8. The smallest absolute Gasteiger partial charge is 0.253 e. The van der Waals surface area contributed by atoms with E-state index in [1.807, 2.05) is 24.3 Å². The highest BCUT2D eigenvalue weighted by molar-refractivity contribution is 5.95. The monoisotopic (exact) mass is 412 g/mol. The van der Waals surface area contributed by atoms with Crippen molar-refractivity contribution in [2.75, 3.05) is 47.6 Å². The van der Waals surface area contributed by atoms with Crippen molar-refractivity contribution in [3.05, 3.63) is 59.7 Å². The van der Waals surface area contributed by atoms with E-state index in [9.17, 15) is 9.59 Å². The SMILES string of the molecule is COCCNC(=O)C1CN(C(=O)c2ccc(OC)cc2)CC1c1ccccc1OC. The Hall–Kier alpha value is -3.06. The first-order chi connectivity index (χ1) is 14.6. The summed E-state index contributed by atoms with van der Waals surface area (Å²) in [6.45, 7) is 1.64. The molecule has 2 unspecified atom stereocenters. The Kier molecular flexibility index (Phi) is 7.30. The molecular formula is C23H28N2O5. The molecule has 2 atom stereocenters. The second-order valence-electron chi connectivity index (χ2n) is 7.18. The van der Waals surface area contributed by atoms with Crippen molar-refractivity contribution in [1.29, 1.82) is 0 Å². The van der Waals surface area contributed by atoms with Gasteiger partial charge in [0, 0.05) is 38.2 Å². The lowest BCUT2D eigenvalue weighted by atomic mass is 9.87. The Labute approximate surface area is 176 Å². The third-order valence-electron chi connectivity index (χ3n) is 5.42. The number of carbonyl (C=O) groups excluding carboxylic acids is 2. The quantitative estimate of drug-likeness (QED) is 0.674. The minimum absolute atomic E-state index is 0.0898. The van der Waals surface area contributed by atoms with E-state index in [1.54, 1.807) is 50.5 Å². The molecule has 1 fully saturated rings. The van der Waals surface area contributed by atoms with Gasteiger partial charge in [0.2, 0.25) is 5.91 Å². The van der Waals surface area contributed by atoms with Crippen LogP contribution in [0.4, 0.5) is 0 Å². The number of nitrogens with one attached hydrogen (secondary N) is 1. The number of para-hydroxylation sites is 1. The first-order valence-electron chi connectivity index (χ1n) is 9.92. The molecule has 7 heteroatoms. The Morgan fingerprint density at radius 2 is 1.73 bits per heavy atom. The summed E-state index contributed by atoms with van der Waals surface area (Å²) in [5, 5.41) is 2.92. The van der Waals surface area contributed by atoms with Crippen molar-refractivity contribution in [1.82, 2.24) is 10.2 Å². The second kappa shape index (κ2) is 10.1. The molecular weight excluding hydrogens is 384 g/mol. The fraction of sp³-hybridized carbons (Fsp3) is 0.391. The molecule has 30 heavy (non-hydrogen) atoms. The lowest BCUT2D eigenvalue weighted by Crippen LogP contribution is -2.37. The van der Waals surface area contributed by atoms with Crippen molar-refractivity contribution in [3.63, 3.8) is 0 Å². The van der Waals surface area contributed by atoms with Gasteiger partial charge in [0.15, 0.2) is 0 Å². The van der Waals surface area contributed by atoms with Gasteiger partial charge in [-0.3, -0.25) is 9.59 Å². The van der Waals surface area contributed by atoms with Crippen molar-refractivity contribution in [2.45, 2.75) is 5.92 Å². The maximum absolute atomic E-state index is 13.1. The zero-order chi connectivity index (χ0) is 21.5. The molecule has 2 aromatic rings. The summed E-state index contributed by atoms with van der Waals surface area (Å²) in [5.41, 5.74) is 1.49. The third-order valence-corrected chi connectivity index (χ3v) is 5.42. The molecule has 1 saturated heterocycles. The number of likely N-dealkylation sites (tertiary alicyclic amines) is 1. The van der Waals surface area contributed by atoms with Gasteiger partial charge in [-0.25, -0.2) is 0 Å². The molecule has 1 heterocycles. The Bertz CT molecular complexity index is 868. The molecule has 3 rings (SSSR count). The standard InChI is InChI=1S/C23H28N2O5/c1-28-13-12-24-22(26)20-15-25(23(27)16-8-10-17(29-2)11-9-16)14-19(20)18-6-4-5-7-21(18)30-3/h4-11,19-20H,12-15H2,1-3H3,(H,24,26). The second-order valence-corrected chi connectivity index (χ2v) is 7.18. The fourth-order valence-corrected chi connectivity index (χ4v) is 3.85. The van der Waals surface area contributed by atoms with Crippen LogP contribution in [0.1, 0.15) is 21.8 Å². The summed E-state index contributed by atoms with van der Waals surface area (Å²) in [7, 11) is 4.79. The highest BCUT2D eigenvalue weighted by atomic mass is 16.5. The average Bonchev–Trinajstić information content (AvgIpc) is 3.24. The average molecular weight is 412 g/mol. The number of hydrogen-bond donors (Lipinski definition) is 1. The van der Waals surface area contributed by atoms with E-state index in [4.69, 9.17) is 14.2 Å². The van der Waals surface area contributed by atoms with Crippen LogP contribution in [0, 0.1) is 5.92 Å². The van der Waals surface area contributed by atoms with E-state index in [1.165, 1.54) is 0 Å². The number of amides is 2. The van der Waals surface area contributed by atoms with Crippen LogP contribution in [0.2, 0.25) is 0 Å². The summed E-state index contributed by atoms with van der Waals surface area (Å²) in [6, 6.07) is 14.7. The summed E-state index contributed by atoms with van der Waals surface area (Å²) in [4.78, 5) is 27.8. The molecule has 2 amide bonds. The van der Waals surface area contributed by atoms with Crippen molar-refractivity contribution < 1.29 is 23.8 Å². The molecule has 0 saturated carbocycles. The Morgan fingerprint density at radius 3 is 2.40 bits per heavy atom. The predicted molar refractivity (Wildman–Crippen MR) is 113 cm³/mol. The van der Waals surface area contributed by atoms with E-state index in [-0.39, 0.29) is 23.7 Å². The summed E-state index contributed by atoms with van der Waals surface area (Å²) in [6.07, 6.45) is 0. The molecule has 0 aromatic heterocycles. The van der Waals surface area contributed by atoms with Crippen molar-refractivity contribution >= 4 is 11.8 Å². The molecule has 0 aliphatic carbocycles. The largest absolute Gasteiger partial charge is 0.497 e. The minimum Gasteiger partial charge on any atom is -0.497 e. The van der Waals surface area contributed by atoms with Gasteiger partial charge in [-0.2, -0.15) is 0 Å². The highest BCUT2D eigenvalue weighted by Gasteiger charge is 2.41. The van der Waals surface area contributed by atoms with Gasteiger partial charge in [-0.15, -0.1) is 0 Å². The first kappa shape index (κ1) is 21.6. The Morgan fingerprint density at radius 1 is 1.00 bits per heavy atom. The molecule has 0 spiro atoms. The van der Waals surface area contributed by atoms with E-state index < -0.39 is 0 Å². The van der Waals surface area contributed by atoms with Crippen LogP contribution in [0.5, 0.6) is 11.5 Å². The summed E-state index contributed by atoms with van der Waals surface area (Å²) in [5.74, 6) is 0.676. The summed E-state index contributed by atoms with van der Waals surface area (Å²) >= 11 is 0. The number of nitrogens with zero attached hydrogens (tertiary/aromatic N) is 1. The molecule has 2 aromatic carbocycles. The summed E-state index contributed by atoms with van der Waals surface area (Å²) < 4.78 is 15.7. The topological polar surface area (TPSA) is 77.1 Å². The lowest BCUT2D eigenvalue weighted by molar-refractivity contribution is -0.125. The Balaban J connectivity index is 1.85. The highest BCUT2D eigenvalue weighted by Crippen LogP contribution is 2.38. The van der Waals surface area contributed by atoms with Gasteiger partial charge in [-0.1, -0.05) is 18.2 Å². The molecule has 1 aliphatic heterocycles. The van der Waals surface area contributed by atoms with Crippen LogP contribution in [0.25, 0.3) is 0 Å². The zero-order valence-electron chi connectivity index (χ0n) is 17.6. The molecule has 1 aliphatic rings. The van der Waals surface area contributed by atoms with Gasteiger partial charge in [-0.05, 0) is 35.9 Å². The van der Waals surface area contributed by atoms with Gasteiger partial charge < -0.3 is 24.4 Å². The van der Waals surface area contributed by atoms with Gasteiger partial charge >= 0.3 is 0 Å². The van der Waals surface area contributed by atoms with Crippen molar-refractivity contribution in [2.24, 2.45) is 5.92 Å². The first-order valence-corrected chi connectivity index (χ1v) is 9.92. The number of methoxy groups -OCH3 is 3. The number of carbonyl (C=O) groups is 2. The molecule has 7 nitrogen and oxygen atoms in total. The van der Waals surface area contributed by atoms with Gasteiger partial charge in [0.05, 0.1) is 26.7 Å². The minimum atomic E-state index is -0.375. The zero-order valence-corrected chi connectivity index (χ0v) is 17.6. The lowest BCUT2D eigenvalue weighted by Gasteiger charge is -2.20. The molecule has 160 valence electrons. The van der Waals surface area contributed by atoms with Crippen LogP contribution in [-0.2, 0) is 9.53 Å². The predicted octanol–water partition coefficient (Wildman–Crippen LogP) is 2.32. The molecule has 0 bridgehead atoms. The van der Waals surface area contributed by atoms with Crippen molar-refractivity contribution in [3.8, 4) is 11.5 Å². The van der Waals surface area contributed by atoms with Crippen LogP contribution >= 0.6 is 0 Å². The maximum atomic E-state index is 13.1. The van der Waals surface area contributed by atoms with Crippen LogP contribution < -0.4 is 14.8 Å². The van der Waals surface area contributed by atoms with Crippen LogP contribution in [-0.4, -0.2) is 64.3 Å². The third kappa shape index (κ3) is 4.74. The van der Waals surface area contributed by atoms with Crippen LogP contribution in [0.15, 0.2) is 48.5 Å². The van der Waals surface area contributed by atoms with Crippen LogP contribution in [0.3, 0.4) is 0 Å². The number of hydrogen-bond acceptors (Lipinski definition) is 5. The number of benzene rings is 2. The molecule has 1 N–H and O–H groups in total. The van der Waals surface area contributed by atoms with E-state index in [0.717, 1.165) is 11.3 Å². The van der Waals surface area contributed by atoms with E-state index >= 15 is 0 Å². The maximum Gasteiger partial charge on any atom is 0.253 e. The van der Waals surface area contributed by atoms with Gasteiger partial charge in [0.25, 0.3) is 5.91 Å². The van der Waals surface area contributed by atoms with E-state index in [0.29, 0.717) is 37.6 Å². The molecule has 0 radical (unpaired) electrons. The normalized spacial score (nSPS) is 18.2. The number of ether oxygens (including phenoxy) is 3. The van der Waals surface area contributed by atoms with Gasteiger partial charge in [0.1, 0.15) is 11.5 Å². The van der Waals surface area contributed by atoms with E-state index in [2.05, 4.69) is 5.32 Å².